The lowest BCUT2D eigenvalue weighted by Gasteiger charge is -2.04. The van der Waals surface area contributed by atoms with Crippen molar-refractivity contribution in [2.24, 2.45) is 0 Å². The number of carboxylic acid groups (broad SMARTS) is 1. The maximum absolute atomic E-state index is 10.5. The second kappa shape index (κ2) is 5.50. The molecule has 0 saturated carbocycles. The van der Waals surface area contributed by atoms with Crippen LogP contribution in [0.1, 0.15) is 17.5 Å². The monoisotopic (exact) mass is 240 g/mol. The first-order chi connectivity index (χ1) is 8.65. The van der Waals surface area contributed by atoms with E-state index in [0.717, 1.165) is 11.1 Å². The Labute approximate surface area is 107 Å². The van der Waals surface area contributed by atoms with E-state index < -0.39 is 5.97 Å². The summed E-state index contributed by atoms with van der Waals surface area (Å²) >= 11 is 0. The number of aliphatic carboxylic acids is 1. The molecule has 0 unspecified atom stereocenters. The van der Waals surface area contributed by atoms with Crippen LogP contribution in [0.4, 0.5) is 0 Å². The van der Waals surface area contributed by atoms with Gasteiger partial charge in [-0.25, -0.2) is 0 Å². The second-order valence-electron chi connectivity index (χ2n) is 4.46. The zero-order valence-corrected chi connectivity index (χ0v) is 10.4. The lowest BCUT2D eigenvalue weighted by Crippen LogP contribution is -1.97. The van der Waals surface area contributed by atoms with Gasteiger partial charge in [0.1, 0.15) is 0 Å². The van der Waals surface area contributed by atoms with Crippen molar-refractivity contribution in [3.63, 3.8) is 0 Å². The van der Waals surface area contributed by atoms with Crippen LogP contribution in [-0.4, -0.2) is 11.1 Å². The van der Waals surface area contributed by atoms with Crippen LogP contribution in [0.5, 0.6) is 0 Å². The van der Waals surface area contributed by atoms with Gasteiger partial charge in [0.2, 0.25) is 0 Å². The fraction of sp³-hybridized carbons (Fsp3) is 0.188. The van der Waals surface area contributed by atoms with Crippen molar-refractivity contribution >= 4 is 5.97 Å². The first-order valence-electron chi connectivity index (χ1n) is 6.03. The van der Waals surface area contributed by atoms with Gasteiger partial charge < -0.3 is 5.11 Å². The minimum Gasteiger partial charge on any atom is -0.481 e. The van der Waals surface area contributed by atoms with E-state index in [0.29, 0.717) is 6.42 Å². The molecule has 0 saturated heterocycles. The molecule has 0 aromatic heterocycles. The van der Waals surface area contributed by atoms with Crippen molar-refractivity contribution in [3.05, 3.63) is 59.7 Å². The van der Waals surface area contributed by atoms with E-state index in [4.69, 9.17) is 5.11 Å². The van der Waals surface area contributed by atoms with Crippen LogP contribution in [0.15, 0.2) is 48.5 Å². The smallest absolute Gasteiger partial charge is 0.303 e. The van der Waals surface area contributed by atoms with Gasteiger partial charge in [0, 0.05) is 6.42 Å². The average Bonchev–Trinajstić information content (AvgIpc) is 2.37. The number of rotatable bonds is 4. The Morgan fingerprint density at radius 3 is 2.39 bits per heavy atom. The standard InChI is InChI=1S/C16H16O2/c1-12-3-2-4-15(11-12)14-8-5-13(6-9-14)7-10-16(17)18/h2-6,8-9,11H,7,10H2,1H3,(H,17,18). The Hall–Kier alpha value is -2.09. The molecule has 1 N–H and O–H groups in total. The molecular weight excluding hydrogens is 224 g/mol. The predicted molar refractivity (Wildman–Crippen MR) is 72.6 cm³/mol. The van der Waals surface area contributed by atoms with Crippen LogP contribution in [0, 0.1) is 6.92 Å². The molecule has 2 rings (SSSR count). The van der Waals surface area contributed by atoms with Crippen molar-refractivity contribution in [1.29, 1.82) is 0 Å². The number of benzene rings is 2. The fourth-order valence-electron chi connectivity index (χ4n) is 1.94. The highest BCUT2D eigenvalue weighted by Crippen LogP contribution is 2.21. The fourth-order valence-corrected chi connectivity index (χ4v) is 1.94. The van der Waals surface area contributed by atoms with Gasteiger partial charge in [-0.15, -0.1) is 0 Å². The molecule has 2 aromatic rings. The second-order valence-corrected chi connectivity index (χ2v) is 4.46. The third-order valence-corrected chi connectivity index (χ3v) is 2.93. The van der Waals surface area contributed by atoms with Gasteiger partial charge in [0.25, 0.3) is 0 Å². The summed E-state index contributed by atoms with van der Waals surface area (Å²) in [7, 11) is 0. The van der Waals surface area contributed by atoms with Crippen LogP contribution >= 0.6 is 0 Å². The number of carboxylic acids is 1. The Morgan fingerprint density at radius 2 is 1.78 bits per heavy atom. The lowest BCUT2D eigenvalue weighted by atomic mass is 10.0. The SMILES string of the molecule is Cc1cccc(-c2ccc(CCC(=O)O)cc2)c1. The summed E-state index contributed by atoms with van der Waals surface area (Å²) in [6, 6.07) is 16.4. The summed E-state index contributed by atoms with van der Waals surface area (Å²) in [5, 5.41) is 8.64. The average molecular weight is 240 g/mol. The molecule has 0 radical (unpaired) electrons. The Bertz CT molecular complexity index is 541. The lowest BCUT2D eigenvalue weighted by molar-refractivity contribution is -0.136. The Morgan fingerprint density at radius 1 is 1.06 bits per heavy atom. The zero-order chi connectivity index (χ0) is 13.0. The molecule has 0 bridgehead atoms. The van der Waals surface area contributed by atoms with Gasteiger partial charge in [-0.05, 0) is 30.0 Å². The van der Waals surface area contributed by atoms with Gasteiger partial charge in [-0.2, -0.15) is 0 Å². The van der Waals surface area contributed by atoms with Crippen LogP contribution in [0.2, 0.25) is 0 Å². The Kier molecular flexibility index (Phi) is 3.78. The molecule has 18 heavy (non-hydrogen) atoms. The topological polar surface area (TPSA) is 37.3 Å². The molecule has 0 spiro atoms. The molecule has 0 fully saturated rings. The first-order valence-corrected chi connectivity index (χ1v) is 6.03. The van der Waals surface area contributed by atoms with Gasteiger partial charge in [0.05, 0.1) is 0 Å². The van der Waals surface area contributed by atoms with Crippen LogP contribution in [-0.2, 0) is 11.2 Å². The quantitative estimate of drug-likeness (QED) is 0.885. The van der Waals surface area contributed by atoms with E-state index in [2.05, 4.69) is 25.1 Å². The highest BCUT2D eigenvalue weighted by Gasteiger charge is 2.01. The normalized spacial score (nSPS) is 10.3. The van der Waals surface area contributed by atoms with E-state index in [-0.39, 0.29) is 6.42 Å². The van der Waals surface area contributed by atoms with Crippen molar-refractivity contribution in [3.8, 4) is 11.1 Å². The molecule has 0 aliphatic rings. The highest BCUT2D eigenvalue weighted by molar-refractivity contribution is 5.67. The van der Waals surface area contributed by atoms with Gasteiger partial charge in [-0.3, -0.25) is 4.79 Å². The number of hydrogen-bond acceptors (Lipinski definition) is 1. The summed E-state index contributed by atoms with van der Waals surface area (Å²) < 4.78 is 0. The van der Waals surface area contributed by atoms with Crippen LogP contribution < -0.4 is 0 Å². The molecular formula is C16H16O2. The van der Waals surface area contributed by atoms with Gasteiger partial charge in [0.15, 0.2) is 0 Å². The number of hydrogen-bond donors (Lipinski definition) is 1. The number of carbonyl (C=O) groups is 1. The van der Waals surface area contributed by atoms with Crippen LogP contribution in [0.3, 0.4) is 0 Å². The van der Waals surface area contributed by atoms with Crippen molar-refractivity contribution in [1.82, 2.24) is 0 Å². The van der Waals surface area contributed by atoms with E-state index in [1.54, 1.807) is 0 Å². The minimum absolute atomic E-state index is 0.184. The van der Waals surface area contributed by atoms with Gasteiger partial charge >= 0.3 is 5.97 Å². The van der Waals surface area contributed by atoms with Crippen molar-refractivity contribution < 1.29 is 9.90 Å². The molecule has 2 aromatic carbocycles. The minimum atomic E-state index is -0.752. The van der Waals surface area contributed by atoms with Crippen molar-refractivity contribution in [2.75, 3.05) is 0 Å². The molecule has 0 aliphatic carbocycles. The molecule has 0 amide bonds. The highest BCUT2D eigenvalue weighted by atomic mass is 16.4. The summed E-state index contributed by atoms with van der Waals surface area (Å²) in [4.78, 5) is 10.5. The third kappa shape index (κ3) is 3.20. The summed E-state index contributed by atoms with van der Waals surface area (Å²) in [6.07, 6.45) is 0.771. The van der Waals surface area contributed by atoms with Crippen molar-refractivity contribution in [2.45, 2.75) is 19.8 Å². The summed E-state index contributed by atoms with van der Waals surface area (Å²) in [6.45, 7) is 2.07. The largest absolute Gasteiger partial charge is 0.481 e. The van der Waals surface area contributed by atoms with E-state index >= 15 is 0 Å². The maximum Gasteiger partial charge on any atom is 0.303 e. The van der Waals surface area contributed by atoms with E-state index in [1.807, 2.05) is 30.3 Å². The third-order valence-electron chi connectivity index (χ3n) is 2.93. The van der Waals surface area contributed by atoms with Crippen LogP contribution in [0.25, 0.3) is 11.1 Å². The van der Waals surface area contributed by atoms with E-state index in [1.165, 1.54) is 11.1 Å². The molecule has 0 heterocycles. The molecule has 2 heteroatoms. The predicted octanol–water partition coefficient (Wildman–Crippen LogP) is 3.68. The van der Waals surface area contributed by atoms with E-state index in [9.17, 15) is 4.79 Å². The molecule has 92 valence electrons. The first kappa shape index (κ1) is 12.4. The molecule has 2 nitrogen and oxygen atoms in total. The Balaban J connectivity index is 2.14. The summed E-state index contributed by atoms with van der Waals surface area (Å²) in [5.41, 5.74) is 4.66. The number of aryl methyl sites for hydroxylation is 2. The molecule has 0 aliphatic heterocycles. The summed E-state index contributed by atoms with van der Waals surface area (Å²) in [5.74, 6) is -0.752. The zero-order valence-electron chi connectivity index (χ0n) is 10.4. The van der Waals surface area contributed by atoms with Gasteiger partial charge in [-0.1, -0.05) is 54.1 Å². The molecule has 0 atom stereocenters. The maximum atomic E-state index is 10.5.